The fourth-order valence-electron chi connectivity index (χ4n) is 3.45. The lowest BCUT2D eigenvalue weighted by Gasteiger charge is -2.18. The Morgan fingerprint density at radius 2 is 1.83 bits per heavy atom. The molecular weight excluding hydrogens is 368 g/mol. The first-order chi connectivity index (χ1) is 14.1. The van der Waals surface area contributed by atoms with Crippen molar-refractivity contribution in [3.8, 4) is 5.75 Å². The van der Waals surface area contributed by atoms with E-state index in [1.54, 1.807) is 20.4 Å². The summed E-state index contributed by atoms with van der Waals surface area (Å²) < 4.78 is 17.4. The summed E-state index contributed by atoms with van der Waals surface area (Å²) in [7, 11) is 3.22. The monoisotopic (exact) mass is 390 g/mol. The lowest BCUT2D eigenvalue weighted by Crippen LogP contribution is -2.11. The SMILES string of the molecule is COc1cc(C(OC)c2cnc(N)nc2N)c2cc(Cc3ccccc3)oc2c1. The number of methoxy groups -OCH3 is 2. The number of nitrogen functional groups attached to an aromatic ring is 2. The number of benzene rings is 2. The van der Waals surface area contributed by atoms with Gasteiger partial charge in [0, 0.05) is 42.3 Å². The second-order valence-electron chi connectivity index (χ2n) is 6.69. The summed E-state index contributed by atoms with van der Waals surface area (Å²) in [6.07, 6.45) is 1.76. The number of fused-ring (bicyclic) bond motifs is 1. The fourth-order valence-corrected chi connectivity index (χ4v) is 3.45. The van der Waals surface area contributed by atoms with E-state index in [-0.39, 0.29) is 11.8 Å². The lowest BCUT2D eigenvalue weighted by atomic mass is 9.98. The molecule has 2 aromatic heterocycles. The van der Waals surface area contributed by atoms with Crippen LogP contribution in [0, 0.1) is 0 Å². The van der Waals surface area contributed by atoms with E-state index in [1.165, 1.54) is 5.56 Å². The molecule has 4 N–H and O–H groups in total. The summed E-state index contributed by atoms with van der Waals surface area (Å²) in [5.74, 6) is 1.89. The number of hydrogen-bond acceptors (Lipinski definition) is 7. The first kappa shape index (κ1) is 18.8. The molecule has 0 aliphatic rings. The van der Waals surface area contributed by atoms with Gasteiger partial charge in [-0.15, -0.1) is 0 Å². The Balaban J connectivity index is 1.83. The molecule has 0 saturated heterocycles. The number of anilines is 2. The van der Waals surface area contributed by atoms with E-state index < -0.39 is 6.10 Å². The molecule has 0 fully saturated rings. The molecule has 2 aromatic carbocycles. The number of nitrogens with zero attached hydrogens (tertiary/aromatic N) is 2. The van der Waals surface area contributed by atoms with Gasteiger partial charge in [-0.3, -0.25) is 0 Å². The van der Waals surface area contributed by atoms with E-state index in [0.717, 1.165) is 16.7 Å². The van der Waals surface area contributed by atoms with Crippen LogP contribution in [-0.4, -0.2) is 24.2 Å². The van der Waals surface area contributed by atoms with Crippen molar-refractivity contribution in [2.24, 2.45) is 0 Å². The first-order valence-corrected chi connectivity index (χ1v) is 9.14. The van der Waals surface area contributed by atoms with E-state index in [0.29, 0.717) is 23.3 Å². The van der Waals surface area contributed by atoms with Crippen LogP contribution in [0.5, 0.6) is 5.75 Å². The molecule has 0 bridgehead atoms. The number of aromatic nitrogens is 2. The first-order valence-electron chi connectivity index (χ1n) is 9.14. The summed E-state index contributed by atoms with van der Waals surface area (Å²) in [6.45, 7) is 0. The van der Waals surface area contributed by atoms with Crippen LogP contribution in [0.3, 0.4) is 0 Å². The maximum Gasteiger partial charge on any atom is 0.221 e. The van der Waals surface area contributed by atoms with Crippen molar-refractivity contribution in [3.05, 3.63) is 77.2 Å². The van der Waals surface area contributed by atoms with Gasteiger partial charge in [0.2, 0.25) is 5.95 Å². The van der Waals surface area contributed by atoms with Gasteiger partial charge in [0.15, 0.2) is 0 Å². The van der Waals surface area contributed by atoms with Crippen molar-refractivity contribution in [3.63, 3.8) is 0 Å². The van der Waals surface area contributed by atoms with Gasteiger partial charge in [-0.1, -0.05) is 30.3 Å². The van der Waals surface area contributed by atoms with Crippen LogP contribution in [0.2, 0.25) is 0 Å². The van der Waals surface area contributed by atoms with Gasteiger partial charge in [-0.25, -0.2) is 4.98 Å². The van der Waals surface area contributed by atoms with E-state index in [2.05, 4.69) is 22.1 Å². The molecule has 0 radical (unpaired) electrons. The van der Waals surface area contributed by atoms with Crippen LogP contribution < -0.4 is 16.2 Å². The number of rotatable bonds is 6. The van der Waals surface area contributed by atoms with Gasteiger partial charge >= 0.3 is 0 Å². The smallest absolute Gasteiger partial charge is 0.221 e. The molecule has 4 rings (SSSR count). The summed E-state index contributed by atoms with van der Waals surface area (Å²) in [6, 6.07) is 16.0. The van der Waals surface area contributed by atoms with Crippen LogP contribution in [0.15, 0.2) is 59.1 Å². The largest absolute Gasteiger partial charge is 0.497 e. The lowest BCUT2D eigenvalue weighted by molar-refractivity contribution is 0.137. The predicted molar refractivity (Wildman–Crippen MR) is 112 cm³/mol. The molecule has 0 aliphatic carbocycles. The Morgan fingerprint density at radius 1 is 1.03 bits per heavy atom. The molecule has 4 aromatic rings. The molecular formula is C22H22N4O3. The quantitative estimate of drug-likeness (QED) is 0.516. The average molecular weight is 390 g/mol. The normalized spacial score (nSPS) is 12.2. The summed E-state index contributed by atoms with van der Waals surface area (Å²) >= 11 is 0. The predicted octanol–water partition coefficient (Wildman–Crippen LogP) is 3.72. The maximum absolute atomic E-state index is 6.12. The van der Waals surface area contributed by atoms with E-state index >= 15 is 0 Å². The zero-order valence-electron chi connectivity index (χ0n) is 16.3. The maximum atomic E-state index is 6.12. The van der Waals surface area contributed by atoms with Crippen molar-refractivity contribution < 1.29 is 13.9 Å². The van der Waals surface area contributed by atoms with Gasteiger partial charge < -0.3 is 25.4 Å². The highest BCUT2D eigenvalue weighted by Crippen LogP contribution is 2.37. The van der Waals surface area contributed by atoms with Gasteiger partial charge in [-0.05, 0) is 17.7 Å². The Hall–Kier alpha value is -3.58. The topological polar surface area (TPSA) is 109 Å². The van der Waals surface area contributed by atoms with Crippen molar-refractivity contribution >= 4 is 22.7 Å². The van der Waals surface area contributed by atoms with Crippen molar-refractivity contribution in [1.82, 2.24) is 9.97 Å². The van der Waals surface area contributed by atoms with Crippen LogP contribution in [0.4, 0.5) is 11.8 Å². The van der Waals surface area contributed by atoms with Crippen LogP contribution in [-0.2, 0) is 11.2 Å². The minimum atomic E-state index is -0.504. The van der Waals surface area contributed by atoms with E-state index in [9.17, 15) is 0 Å². The highest BCUT2D eigenvalue weighted by molar-refractivity contribution is 5.84. The van der Waals surface area contributed by atoms with E-state index in [4.69, 9.17) is 25.4 Å². The zero-order chi connectivity index (χ0) is 20.4. The fraction of sp³-hybridized carbons (Fsp3) is 0.182. The third-order valence-corrected chi connectivity index (χ3v) is 4.82. The van der Waals surface area contributed by atoms with Crippen molar-refractivity contribution in [2.45, 2.75) is 12.5 Å². The van der Waals surface area contributed by atoms with Crippen LogP contribution in [0.1, 0.15) is 28.6 Å². The standard InChI is InChI=1S/C22H22N4O3/c1-27-14-9-17(20(28-2)18-12-25-22(24)26-21(18)23)16-10-15(29-19(16)11-14)8-13-6-4-3-5-7-13/h3-7,9-12,20H,8H2,1-2H3,(H4,23,24,25,26). The molecule has 2 heterocycles. The summed E-state index contributed by atoms with van der Waals surface area (Å²) in [5, 5.41) is 0.916. The number of ether oxygens (including phenoxy) is 2. The molecule has 0 spiro atoms. The Bertz CT molecular complexity index is 1140. The molecule has 148 valence electrons. The third-order valence-electron chi connectivity index (χ3n) is 4.82. The summed E-state index contributed by atoms with van der Waals surface area (Å²) in [4.78, 5) is 8.13. The van der Waals surface area contributed by atoms with Crippen LogP contribution >= 0.6 is 0 Å². The molecule has 7 nitrogen and oxygen atoms in total. The zero-order valence-corrected chi connectivity index (χ0v) is 16.3. The average Bonchev–Trinajstić information content (AvgIpc) is 3.12. The van der Waals surface area contributed by atoms with Gasteiger partial charge in [-0.2, -0.15) is 4.98 Å². The molecule has 1 unspecified atom stereocenters. The highest BCUT2D eigenvalue weighted by Gasteiger charge is 2.23. The molecule has 7 heteroatoms. The number of furan rings is 1. The molecule has 0 amide bonds. The molecule has 29 heavy (non-hydrogen) atoms. The Morgan fingerprint density at radius 3 is 2.52 bits per heavy atom. The second kappa shape index (κ2) is 7.81. The number of nitrogens with two attached hydrogens (primary N) is 2. The van der Waals surface area contributed by atoms with Crippen LogP contribution in [0.25, 0.3) is 11.0 Å². The van der Waals surface area contributed by atoms with E-state index in [1.807, 2.05) is 36.4 Å². The third kappa shape index (κ3) is 3.72. The highest BCUT2D eigenvalue weighted by atomic mass is 16.5. The molecule has 0 aliphatic heterocycles. The minimum absolute atomic E-state index is 0.116. The van der Waals surface area contributed by atoms with Crippen molar-refractivity contribution in [1.29, 1.82) is 0 Å². The minimum Gasteiger partial charge on any atom is -0.497 e. The summed E-state index contributed by atoms with van der Waals surface area (Å²) in [5.41, 5.74) is 15.1. The number of hydrogen-bond donors (Lipinski definition) is 2. The Kier molecular flexibility index (Phi) is 5.05. The van der Waals surface area contributed by atoms with Gasteiger partial charge in [0.25, 0.3) is 0 Å². The molecule has 0 saturated carbocycles. The van der Waals surface area contributed by atoms with Gasteiger partial charge in [0.1, 0.15) is 29.0 Å². The van der Waals surface area contributed by atoms with Gasteiger partial charge in [0.05, 0.1) is 7.11 Å². The second-order valence-corrected chi connectivity index (χ2v) is 6.69. The van der Waals surface area contributed by atoms with Crippen molar-refractivity contribution in [2.75, 3.05) is 25.7 Å². The molecule has 1 atom stereocenters. The Labute approximate surface area is 168 Å².